The topological polar surface area (TPSA) is 81.3 Å². The van der Waals surface area contributed by atoms with E-state index in [-0.39, 0.29) is 18.8 Å². The number of nitrogens with one attached hydrogen (secondary N) is 1. The van der Waals surface area contributed by atoms with E-state index in [0.29, 0.717) is 21.8 Å². The van der Waals surface area contributed by atoms with Crippen LogP contribution in [0.1, 0.15) is 27.4 Å². The lowest BCUT2D eigenvalue weighted by Gasteiger charge is -2.10. The maximum Gasteiger partial charge on any atom is 0.344 e. The monoisotopic (exact) mass is 372 g/mol. The van der Waals surface area contributed by atoms with Gasteiger partial charge in [-0.2, -0.15) is 0 Å². The molecule has 7 heteroatoms. The fourth-order valence-corrected chi connectivity index (χ4v) is 3.62. The van der Waals surface area contributed by atoms with E-state index >= 15 is 0 Å². The summed E-state index contributed by atoms with van der Waals surface area (Å²) in [6, 6.07) is 5.66. The Bertz CT molecular complexity index is 1040. The van der Waals surface area contributed by atoms with Crippen molar-refractivity contribution in [1.82, 2.24) is 9.97 Å². The lowest BCUT2D eigenvalue weighted by molar-refractivity contribution is -0.147. The lowest BCUT2D eigenvalue weighted by atomic mass is 10.1. The summed E-state index contributed by atoms with van der Waals surface area (Å²) in [5, 5.41) is 0.598. The van der Waals surface area contributed by atoms with Gasteiger partial charge in [0.2, 0.25) is 0 Å². The smallest absolute Gasteiger partial charge is 0.344 e. The van der Waals surface area contributed by atoms with Crippen molar-refractivity contribution in [2.75, 3.05) is 6.61 Å². The molecule has 0 saturated heterocycles. The van der Waals surface area contributed by atoms with Gasteiger partial charge in [-0.25, -0.2) is 9.78 Å². The molecule has 136 valence electrons. The molecule has 3 rings (SSSR count). The normalized spacial score (nSPS) is 10.9. The second-order valence-electron chi connectivity index (χ2n) is 6.12. The SMILES string of the molecule is Cc1cccc(OCC(=O)OCc2nc3sc(C)c(C)c3c(=O)[nH]2)c1C. The molecule has 0 aliphatic carbocycles. The maximum absolute atomic E-state index is 12.2. The zero-order valence-corrected chi connectivity index (χ0v) is 16.0. The van der Waals surface area contributed by atoms with Crippen molar-refractivity contribution in [2.45, 2.75) is 34.3 Å². The van der Waals surface area contributed by atoms with E-state index < -0.39 is 5.97 Å². The van der Waals surface area contributed by atoms with Crippen LogP contribution >= 0.6 is 11.3 Å². The third-order valence-corrected chi connectivity index (χ3v) is 5.46. The number of nitrogens with zero attached hydrogens (tertiary/aromatic N) is 1. The number of fused-ring (bicyclic) bond motifs is 1. The number of H-pyrrole nitrogens is 1. The van der Waals surface area contributed by atoms with E-state index in [1.165, 1.54) is 11.3 Å². The summed E-state index contributed by atoms with van der Waals surface area (Å²) in [7, 11) is 0. The second-order valence-corrected chi connectivity index (χ2v) is 7.33. The van der Waals surface area contributed by atoms with Crippen LogP contribution in [0.15, 0.2) is 23.0 Å². The molecule has 1 aromatic carbocycles. The molecule has 1 N–H and O–H groups in total. The fraction of sp³-hybridized carbons (Fsp3) is 0.316. The lowest BCUT2D eigenvalue weighted by Crippen LogP contribution is -2.18. The Hall–Kier alpha value is -2.67. The van der Waals surface area contributed by atoms with Crippen LogP contribution < -0.4 is 10.3 Å². The Labute approximate surface area is 154 Å². The van der Waals surface area contributed by atoms with E-state index in [2.05, 4.69) is 9.97 Å². The summed E-state index contributed by atoms with van der Waals surface area (Å²) in [6.45, 7) is 7.46. The van der Waals surface area contributed by atoms with Gasteiger partial charge in [-0.15, -0.1) is 11.3 Å². The molecule has 2 heterocycles. The van der Waals surface area contributed by atoms with Gasteiger partial charge >= 0.3 is 5.97 Å². The Balaban J connectivity index is 1.63. The first-order valence-electron chi connectivity index (χ1n) is 8.20. The molecule has 0 atom stereocenters. The van der Waals surface area contributed by atoms with Crippen LogP contribution in [0.4, 0.5) is 0 Å². The van der Waals surface area contributed by atoms with Gasteiger partial charge in [0.15, 0.2) is 6.61 Å². The first-order chi connectivity index (χ1) is 12.4. The van der Waals surface area contributed by atoms with Gasteiger partial charge in [0.05, 0.1) is 5.39 Å². The van der Waals surface area contributed by atoms with Crippen molar-refractivity contribution < 1.29 is 14.3 Å². The predicted molar refractivity (Wildman–Crippen MR) is 101 cm³/mol. The van der Waals surface area contributed by atoms with E-state index in [0.717, 1.165) is 21.6 Å². The number of ether oxygens (including phenoxy) is 2. The Morgan fingerprint density at radius 1 is 1.19 bits per heavy atom. The summed E-state index contributed by atoms with van der Waals surface area (Å²) in [5.41, 5.74) is 2.80. The molecule has 0 aliphatic rings. The van der Waals surface area contributed by atoms with E-state index in [1.807, 2.05) is 45.9 Å². The number of benzene rings is 1. The van der Waals surface area contributed by atoms with Crippen molar-refractivity contribution in [3.05, 3.63) is 55.9 Å². The largest absolute Gasteiger partial charge is 0.482 e. The Morgan fingerprint density at radius 2 is 1.96 bits per heavy atom. The van der Waals surface area contributed by atoms with Crippen LogP contribution in [-0.2, 0) is 16.1 Å². The molecule has 0 radical (unpaired) electrons. The molecule has 0 unspecified atom stereocenters. The second kappa shape index (κ2) is 7.29. The summed E-state index contributed by atoms with van der Waals surface area (Å²) in [5.74, 6) is 0.454. The summed E-state index contributed by atoms with van der Waals surface area (Å²) in [6.07, 6.45) is 0. The molecule has 0 saturated carbocycles. The standard InChI is InChI=1S/C19H20N2O4S/c1-10-6-5-7-14(11(10)2)24-9-16(22)25-8-15-20-18(23)17-12(3)13(4)26-19(17)21-15/h5-7H,8-9H2,1-4H3,(H,20,21,23). The number of carbonyl (C=O) groups excluding carboxylic acids is 1. The van der Waals surface area contributed by atoms with E-state index in [9.17, 15) is 9.59 Å². The third kappa shape index (κ3) is 3.62. The number of aryl methyl sites for hydroxylation is 3. The Kier molecular flexibility index (Phi) is 5.08. The molecule has 0 bridgehead atoms. The number of aromatic amines is 1. The van der Waals surface area contributed by atoms with Gasteiger partial charge in [0, 0.05) is 4.88 Å². The summed E-state index contributed by atoms with van der Waals surface area (Å²) >= 11 is 1.46. The molecule has 0 amide bonds. The highest BCUT2D eigenvalue weighted by atomic mass is 32.1. The van der Waals surface area contributed by atoms with E-state index in [1.54, 1.807) is 0 Å². The van der Waals surface area contributed by atoms with Crippen LogP contribution in [0.25, 0.3) is 10.2 Å². The van der Waals surface area contributed by atoms with Crippen LogP contribution in [0.5, 0.6) is 5.75 Å². The molecule has 3 aromatic rings. The van der Waals surface area contributed by atoms with Crippen molar-refractivity contribution in [3.8, 4) is 5.75 Å². The number of thiophene rings is 1. The highest BCUT2D eigenvalue weighted by molar-refractivity contribution is 7.18. The average molecular weight is 372 g/mol. The van der Waals surface area contributed by atoms with Crippen LogP contribution in [-0.4, -0.2) is 22.5 Å². The molecular formula is C19H20N2O4S. The van der Waals surface area contributed by atoms with Crippen LogP contribution in [0, 0.1) is 27.7 Å². The number of esters is 1. The van der Waals surface area contributed by atoms with E-state index in [4.69, 9.17) is 9.47 Å². The zero-order chi connectivity index (χ0) is 18.8. The van der Waals surface area contributed by atoms with Crippen LogP contribution in [0.3, 0.4) is 0 Å². The van der Waals surface area contributed by atoms with Crippen molar-refractivity contribution >= 4 is 27.5 Å². The minimum Gasteiger partial charge on any atom is -0.482 e. The molecule has 26 heavy (non-hydrogen) atoms. The molecule has 0 fully saturated rings. The fourth-order valence-electron chi connectivity index (χ4n) is 2.58. The molecule has 6 nitrogen and oxygen atoms in total. The molecule has 2 aromatic heterocycles. The van der Waals surface area contributed by atoms with Gasteiger partial charge in [-0.3, -0.25) is 4.79 Å². The number of hydrogen-bond acceptors (Lipinski definition) is 6. The minimum absolute atomic E-state index is 0.101. The average Bonchev–Trinajstić information content (AvgIpc) is 2.89. The molecule has 0 aliphatic heterocycles. The first-order valence-corrected chi connectivity index (χ1v) is 9.02. The van der Waals surface area contributed by atoms with Crippen molar-refractivity contribution in [1.29, 1.82) is 0 Å². The first kappa shape index (κ1) is 18.1. The zero-order valence-electron chi connectivity index (χ0n) is 15.1. The number of carbonyl (C=O) groups is 1. The van der Waals surface area contributed by atoms with Crippen molar-refractivity contribution in [3.63, 3.8) is 0 Å². The third-order valence-electron chi connectivity index (χ3n) is 4.36. The Morgan fingerprint density at radius 3 is 2.73 bits per heavy atom. The minimum atomic E-state index is -0.521. The highest BCUT2D eigenvalue weighted by Gasteiger charge is 2.13. The maximum atomic E-state index is 12.2. The van der Waals surface area contributed by atoms with Gasteiger partial charge in [-0.05, 0) is 50.5 Å². The van der Waals surface area contributed by atoms with Gasteiger partial charge in [0.25, 0.3) is 5.56 Å². The molecule has 0 spiro atoms. The quantitative estimate of drug-likeness (QED) is 0.695. The van der Waals surface area contributed by atoms with Crippen molar-refractivity contribution in [2.24, 2.45) is 0 Å². The highest BCUT2D eigenvalue weighted by Crippen LogP contribution is 2.25. The summed E-state index contributed by atoms with van der Waals surface area (Å²) in [4.78, 5) is 32.9. The number of aromatic nitrogens is 2. The van der Waals surface area contributed by atoms with Gasteiger partial charge in [0.1, 0.15) is 23.0 Å². The summed E-state index contributed by atoms with van der Waals surface area (Å²) < 4.78 is 10.7. The predicted octanol–water partition coefficient (Wildman–Crippen LogP) is 3.34. The van der Waals surface area contributed by atoms with Gasteiger partial charge in [-0.1, -0.05) is 12.1 Å². The number of hydrogen-bond donors (Lipinski definition) is 1. The number of rotatable bonds is 5. The molecular weight excluding hydrogens is 352 g/mol. The van der Waals surface area contributed by atoms with Gasteiger partial charge < -0.3 is 14.5 Å². The van der Waals surface area contributed by atoms with Crippen LogP contribution in [0.2, 0.25) is 0 Å².